The lowest BCUT2D eigenvalue weighted by Crippen LogP contribution is -2.17. The summed E-state index contributed by atoms with van der Waals surface area (Å²) in [5.74, 6) is -1.21. The van der Waals surface area contributed by atoms with Crippen molar-refractivity contribution in [1.29, 1.82) is 0 Å². The number of rotatable bonds is 15. The third-order valence-electron chi connectivity index (χ3n) is 3.30. The Labute approximate surface area is 153 Å². The molecule has 0 radical (unpaired) electrons. The third-order valence-corrected chi connectivity index (χ3v) is 4.51. The van der Waals surface area contributed by atoms with E-state index in [-0.39, 0.29) is 25.4 Å². The van der Waals surface area contributed by atoms with Crippen LogP contribution in [0.25, 0.3) is 0 Å². The lowest BCUT2D eigenvalue weighted by Gasteiger charge is -2.11. The van der Waals surface area contributed by atoms with Gasteiger partial charge in [-0.05, 0) is 24.8 Å². The molecule has 0 saturated heterocycles. The van der Waals surface area contributed by atoms with Crippen molar-refractivity contribution in [2.45, 2.75) is 31.1 Å². The molecule has 8 nitrogen and oxygen atoms in total. The second-order valence-corrected chi connectivity index (χ2v) is 7.29. The van der Waals surface area contributed by atoms with Crippen molar-refractivity contribution in [2.24, 2.45) is 0 Å². The number of hydrogen-bond acceptors (Lipinski definition) is 7. The van der Waals surface area contributed by atoms with Crippen LogP contribution >= 0.6 is 0 Å². The summed E-state index contributed by atoms with van der Waals surface area (Å²) < 4.78 is 38.7. The molecule has 9 heteroatoms. The van der Waals surface area contributed by atoms with Gasteiger partial charge in [-0.2, -0.15) is 8.42 Å². The molecule has 0 aliphatic heterocycles. The first kappa shape index (κ1) is 22.5. The first-order valence-corrected chi connectivity index (χ1v) is 9.93. The van der Waals surface area contributed by atoms with Crippen LogP contribution in [0.3, 0.4) is 0 Å². The molecule has 0 aliphatic carbocycles. The smallest absolute Gasteiger partial charge is 0.329 e. The average Bonchev–Trinajstić information content (AvgIpc) is 2.57. The van der Waals surface area contributed by atoms with Gasteiger partial charge in [-0.15, -0.1) is 0 Å². The van der Waals surface area contributed by atoms with E-state index in [1.54, 1.807) is 30.3 Å². The first-order chi connectivity index (χ1) is 12.4. The molecule has 0 saturated carbocycles. The summed E-state index contributed by atoms with van der Waals surface area (Å²) in [6.45, 7) is 0.596. The largest absolute Gasteiger partial charge is 0.480 e. The molecule has 0 heterocycles. The predicted molar refractivity (Wildman–Crippen MR) is 94.1 cm³/mol. The van der Waals surface area contributed by atoms with Crippen LogP contribution < -0.4 is 0 Å². The number of carbonyl (C=O) groups is 1. The summed E-state index contributed by atoms with van der Waals surface area (Å²) in [5, 5.41) is 18.2. The minimum absolute atomic E-state index is 0.0840. The molecular weight excluding hydrogens is 364 g/mol. The van der Waals surface area contributed by atoms with Crippen molar-refractivity contribution >= 4 is 16.1 Å². The van der Waals surface area contributed by atoms with Gasteiger partial charge >= 0.3 is 5.97 Å². The number of aliphatic carboxylic acids is 1. The number of carboxylic acid groups (broad SMARTS) is 1. The van der Waals surface area contributed by atoms with Gasteiger partial charge in [-0.1, -0.05) is 30.3 Å². The Morgan fingerprint density at radius 3 is 2.35 bits per heavy atom. The SMILES string of the molecule is O=C(O)COCCCOCCC(O)CCOS(=O)(=O)Cc1ccccc1. The van der Waals surface area contributed by atoms with Crippen molar-refractivity contribution in [1.82, 2.24) is 0 Å². The Morgan fingerprint density at radius 1 is 1.00 bits per heavy atom. The maximum absolute atomic E-state index is 11.8. The van der Waals surface area contributed by atoms with Crippen molar-refractivity contribution < 1.29 is 37.1 Å². The molecule has 1 rings (SSSR count). The predicted octanol–water partition coefficient (Wildman–Crippen LogP) is 1.18. The highest BCUT2D eigenvalue weighted by Crippen LogP contribution is 2.08. The number of aliphatic hydroxyl groups excluding tert-OH is 1. The van der Waals surface area contributed by atoms with E-state index in [0.29, 0.717) is 38.2 Å². The minimum Gasteiger partial charge on any atom is -0.480 e. The molecule has 0 aliphatic rings. The molecule has 26 heavy (non-hydrogen) atoms. The zero-order valence-corrected chi connectivity index (χ0v) is 15.4. The Balaban J connectivity index is 2.04. The fraction of sp³-hybridized carbons (Fsp3) is 0.588. The maximum atomic E-state index is 11.8. The molecule has 2 N–H and O–H groups in total. The summed E-state index contributed by atoms with van der Waals surface area (Å²) in [6, 6.07) is 8.73. The number of carboxylic acids is 1. The summed E-state index contributed by atoms with van der Waals surface area (Å²) >= 11 is 0. The lowest BCUT2D eigenvalue weighted by molar-refractivity contribution is -0.142. The highest BCUT2D eigenvalue weighted by Gasteiger charge is 2.13. The Kier molecular flexibility index (Phi) is 11.1. The molecular formula is C17H26O8S. The summed E-state index contributed by atoms with van der Waals surface area (Å²) in [6.07, 6.45) is 0.395. The molecule has 1 atom stereocenters. The van der Waals surface area contributed by atoms with Gasteiger partial charge < -0.3 is 19.7 Å². The number of ether oxygens (including phenoxy) is 2. The first-order valence-electron chi connectivity index (χ1n) is 8.35. The van der Waals surface area contributed by atoms with Crippen LogP contribution in [0.1, 0.15) is 24.8 Å². The fourth-order valence-electron chi connectivity index (χ4n) is 2.02. The van der Waals surface area contributed by atoms with E-state index >= 15 is 0 Å². The highest BCUT2D eigenvalue weighted by molar-refractivity contribution is 7.85. The van der Waals surface area contributed by atoms with Gasteiger partial charge in [0.15, 0.2) is 0 Å². The zero-order valence-electron chi connectivity index (χ0n) is 14.6. The van der Waals surface area contributed by atoms with Crippen molar-refractivity contribution in [3.63, 3.8) is 0 Å². The topological polar surface area (TPSA) is 119 Å². The summed E-state index contributed by atoms with van der Waals surface area (Å²) in [7, 11) is -3.67. The lowest BCUT2D eigenvalue weighted by atomic mass is 10.2. The van der Waals surface area contributed by atoms with E-state index in [2.05, 4.69) is 0 Å². The average molecular weight is 390 g/mol. The number of hydrogen-bond donors (Lipinski definition) is 2. The number of aliphatic hydroxyl groups is 1. The zero-order chi connectivity index (χ0) is 19.3. The van der Waals surface area contributed by atoms with E-state index in [0.717, 1.165) is 0 Å². The molecule has 1 aromatic carbocycles. The fourth-order valence-corrected chi connectivity index (χ4v) is 3.05. The Hall–Kier alpha value is -1.52. The monoisotopic (exact) mass is 390 g/mol. The van der Waals surface area contributed by atoms with Gasteiger partial charge in [0, 0.05) is 19.8 Å². The quantitative estimate of drug-likeness (QED) is 0.338. The van der Waals surface area contributed by atoms with Crippen molar-refractivity contribution in [2.75, 3.05) is 33.0 Å². The highest BCUT2D eigenvalue weighted by atomic mass is 32.2. The van der Waals surface area contributed by atoms with Crippen LogP contribution in [0.15, 0.2) is 30.3 Å². The van der Waals surface area contributed by atoms with E-state index < -0.39 is 22.2 Å². The van der Waals surface area contributed by atoms with Gasteiger partial charge in [-0.3, -0.25) is 4.18 Å². The molecule has 0 aromatic heterocycles. The van der Waals surface area contributed by atoms with Crippen molar-refractivity contribution in [3.05, 3.63) is 35.9 Å². The number of benzene rings is 1. The van der Waals surface area contributed by atoms with Crippen LogP contribution in [0.4, 0.5) is 0 Å². The van der Waals surface area contributed by atoms with Gasteiger partial charge in [0.25, 0.3) is 10.1 Å². The van der Waals surface area contributed by atoms with E-state index in [1.165, 1.54) is 0 Å². The summed E-state index contributed by atoms with van der Waals surface area (Å²) in [4.78, 5) is 10.2. The van der Waals surface area contributed by atoms with Gasteiger partial charge in [0.05, 0.1) is 12.7 Å². The molecule has 0 amide bonds. The molecule has 0 bridgehead atoms. The van der Waals surface area contributed by atoms with Crippen molar-refractivity contribution in [3.8, 4) is 0 Å². The molecule has 148 valence electrons. The second kappa shape index (κ2) is 12.8. The molecule has 0 spiro atoms. The van der Waals surface area contributed by atoms with Crippen LogP contribution in [0.5, 0.6) is 0 Å². The molecule has 1 unspecified atom stereocenters. The maximum Gasteiger partial charge on any atom is 0.329 e. The van der Waals surface area contributed by atoms with Crippen LogP contribution in [0, 0.1) is 0 Å². The molecule has 0 fully saturated rings. The van der Waals surface area contributed by atoms with Crippen LogP contribution in [-0.4, -0.2) is 63.7 Å². The van der Waals surface area contributed by atoms with Gasteiger partial charge in [-0.25, -0.2) is 4.79 Å². The third kappa shape index (κ3) is 11.9. The summed E-state index contributed by atoms with van der Waals surface area (Å²) in [5.41, 5.74) is 0.647. The Bertz CT molecular complexity index is 602. The standard InChI is InChI=1S/C17H26O8S/c18-16(7-11-23-9-4-10-24-13-17(19)20)8-12-25-26(21,22)14-15-5-2-1-3-6-15/h1-3,5-6,16,18H,4,7-14H2,(H,19,20). The Morgan fingerprint density at radius 2 is 1.65 bits per heavy atom. The normalized spacial score (nSPS) is 12.8. The van der Waals surface area contributed by atoms with E-state index in [9.17, 15) is 18.3 Å². The molecule has 1 aromatic rings. The second-order valence-electron chi connectivity index (χ2n) is 5.65. The van der Waals surface area contributed by atoms with Crippen LogP contribution in [0.2, 0.25) is 0 Å². The van der Waals surface area contributed by atoms with E-state index in [1.807, 2.05) is 0 Å². The minimum atomic E-state index is -3.67. The van der Waals surface area contributed by atoms with E-state index in [4.69, 9.17) is 18.8 Å². The van der Waals surface area contributed by atoms with Crippen LogP contribution in [-0.2, 0) is 34.3 Å². The van der Waals surface area contributed by atoms with Gasteiger partial charge in [0.1, 0.15) is 12.4 Å². The van der Waals surface area contributed by atoms with Gasteiger partial charge in [0.2, 0.25) is 0 Å².